The van der Waals surface area contributed by atoms with Crippen LogP contribution in [0.4, 0.5) is 0 Å². The van der Waals surface area contributed by atoms with Crippen molar-refractivity contribution in [3.63, 3.8) is 0 Å². The van der Waals surface area contributed by atoms with Gasteiger partial charge in [-0.2, -0.15) is 5.26 Å². The Kier molecular flexibility index (Phi) is 2.63. The van der Waals surface area contributed by atoms with Crippen LogP contribution in [0.2, 0.25) is 0 Å². The molecule has 0 unspecified atom stereocenters. The topological polar surface area (TPSA) is 32.0 Å². The van der Waals surface area contributed by atoms with E-state index in [0.29, 0.717) is 5.56 Å². The van der Waals surface area contributed by atoms with Crippen LogP contribution in [0.15, 0.2) is 30.5 Å². The second kappa shape index (κ2) is 3.95. The van der Waals surface area contributed by atoms with E-state index in [2.05, 4.69) is 6.07 Å². The Morgan fingerprint density at radius 1 is 1.38 bits per heavy atom. The SMILES string of the molecule is CN(C)C(=S)n1ccc2cc(C#N)ccc21. The van der Waals surface area contributed by atoms with E-state index in [9.17, 15) is 0 Å². The minimum Gasteiger partial charge on any atom is -0.355 e. The van der Waals surface area contributed by atoms with Crippen molar-refractivity contribution in [3.8, 4) is 6.07 Å². The Morgan fingerprint density at radius 3 is 2.75 bits per heavy atom. The highest BCUT2D eigenvalue weighted by atomic mass is 32.1. The van der Waals surface area contributed by atoms with Gasteiger partial charge >= 0.3 is 0 Å². The molecule has 1 aromatic carbocycles. The largest absolute Gasteiger partial charge is 0.355 e. The van der Waals surface area contributed by atoms with Crippen molar-refractivity contribution in [1.82, 2.24) is 9.47 Å². The normalized spacial score (nSPS) is 10.1. The second-order valence-electron chi connectivity index (χ2n) is 3.75. The molecule has 0 amide bonds. The maximum atomic E-state index is 8.81. The molecule has 0 N–H and O–H groups in total. The molecule has 1 heterocycles. The molecule has 0 bridgehead atoms. The zero-order chi connectivity index (χ0) is 11.7. The van der Waals surface area contributed by atoms with Crippen LogP contribution in [-0.2, 0) is 0 Å². The fraction of sp³-hybridized carbons (Fsp3) is 0.167. The lowest BCUT2D eigenvalue weighted by Gasteiger charge is -2.15. The fourth-order valence-corrected chi connectivity index (χ4v) is 1.75. The van der Waals surface area contributed by atoms with Crippen LogP contribution in [0, 0.1) is 11.3 Å². The van der Waals surface area contributed by atoms with Gasteiger partial charge in [0, 0.05) is 25.7 Å². The number of benzene rings is 1. The van der Waals surface area contributed by atoms with Gasteiger partial charge in [0.1, 0.15) is 0 Å². The van der Waals surface area contributed by atoms with Crippen molar-refractivity contribution in [1.29, 1.82) is 5.26 Å². The smallest absolute Gasteiger partial charge is 0.179 e. The predicted octanol–water partition coefficient (Wildman–Crippen LogP) is 2.21. The maximum Gasteiger partial charge on any atom is 0.179 e. The van der Waals surface area contributed by atoms with Gasteiger partial charge < -0.3 is 4.90 Å². The lowest BCUT2D eigenvalue weighted by molar-refractivity contribution is 0.614. The summed E-state index contributed by atoms with van der Waals surface area (Å²) in [5, 5.41) is 10.6. The third kappa shape index (κ3) is 1.66. The van der Waals surface area contributed by atoms with Crippen molar-refractivity contribution in [3.05, 3.63) is 36.0 Å². The summed E-state index contributed by atoms with van der Waals surface area (Å²) in [7, 11) is 3.83. The van der Waals surface area contributed by atoms with E-state index < -0.39 is 0 Å². The van der Waals surface area contributed by atoms with E-state index in [4.69, 9.17) is 17.5 Å². The summed E-state index contributed by atoms with van der Waals surface area (Å²) in [5.74, 6) is 0. The molecule has 2 rings (SSSR count). The maximum absolute atomic E-state index is 8.81. The Bertz CT molecular complexity index is 590. The van der Waals surface area contributed by atoms with Gasteiger partial charge in [0.15, 0.2) is 5.11 Å². The van der Waals surface area contributed by atoms with Crippen LogP contribution < -0.4 is 0 Å². The van der Waals surface area contributed by atoms with Crippen LogP contribution in [0.25, 0.3) is 10.9 Å². The highest BCUT2D eigenvalue weighted by Gasteiger charge is 2.07. The number of thiocarbonyl (C=S) groups is 1. The van der Waals surface area contributed by atoms with Gasteiger partial charge in [0.25, 0.3) is 0 Å². The Labute approximate surface area is 99.5 Å². The highest BCUT2D eigenvalue weighted by molar-refractivity contribution is 7.80. The fourth-order valence-electron chi connectivity index (χ4n) is 1.59. The minimum atomic E-state index is 0.668. The van der Waals surface area contributed by atoms with Gasteiger partial charge in [-0.3, -0.25) is 4.57 Å². The van der Waals surface area contributed by atoms with E-state index in [1.807, 2.05) is 48.0 Å². The third-order valence-electron chi connectivity index (χ3n) is 2.41. The van der Waals surface area contributed by atoms with Crippen molar-refractivity contribution in [2.75, 3.05) is 14.1 Å². The standard InChI is InChI=1S/C12H11N3S/c1-14(2)12(16)15-6-5-10-7-9(8-13)3-4-11(10)15/h3-7H,1-2H3. The molecule has 0 saturated heterocycles. The summed E-state index contributed by atoms with van der Waals surface area (Å²) < 4.78 is 1.94. The average molecular weight is 229 g/mol. The first-order valence-corrected chi connectivity index (χ1v) is 5.27. The molecule has 0 aliphatic heterocycles. The quantitative estimate of drug-likeness (QED) is 0.649. The first kappa shape index (κ1) is 10.7. The van der Waals surface area contributed by atoms with Crippen LogP contribution in [0.5, 0.6) is 0 Å². The summed E-state index contributed by atoms with van der Waals surface area (Å²) in [6.07, 6.45) is 1.92. The van der Waals surface area contributed by atoms with E-state index in [-0.39, 0.29) is 0 Å². The number of hydrogen-bond donors (Lipinski definition) is 0. The molecule has 0 spiro atoms. The van der Waals surface area contributed by atoms with Crippen LogP contribution in [-0.4, -0.2) is 28.7 Å². The van der Waals surface area contributed by atoms with Gasteiger partial charge in [-0.15, -0.1) is 0 Å². The number of nitrogens with zero attached hydrogens (tertiary/aromatic N) is 3. The van der Waals surface area contributed by atoms with Gasteiger partial charge in [-0.25, -0.2) is 0 Å². The molecule has 0 aliphatic carbocycles. The monoisotopic (exact) mass is 229 g/mol. The number of hydrogen-bond acceptors (Lipinski definition) is 2. The van der Waals surface area contributed by atoms with Crippen molar-refractivity contribution >= 4 is 28.2 Å². The molecule has 4 heteroatoms. The van der Waals surface area contributed by atoms with Crippen molar-refractivity contribution in [2.45, 2.75) is 0 Å². The zero-order valence-corrected chi connectivity index (χ0v) is 9.95. The Hall–Kier alpha value is -1.86. The molecule has 1 aromatic heterocycles. The number of aromatic nitrogens is 1. The Balaban J connectivity index is 2.59. The van der Waals surface area contributed by atoms with Crippen molar-refractivity contribution < 1.29 is 0 Å². The van der Waals surface area contributed by atoms with E-state index in [0.717, 1.165) is 16.0 Å². The molecule has 80 valence electrons. The highest BCUT2D eigenvalue weighted by Crippen LogP contribution is 2.17. The molecule has 0 fully saturated rings. The predicted molar refractivity (Wildman–Crippen MR) is 68.3 cm³/mol. The zero-order valence-electron chi connectivity index (χ0n) is 9.14. The molecular weight excluding hydrogens is 218 g/mol. The molecule has 2 aromatic rings. The molecule has 0 saturated carbocycles. The summed E-state index contributed by atoms with van der Waals surface area (Å²) >= 11 is 5.31. The van der Waals surface area contributed by atoms with Crippen LogP contribution >= 0.6 is 12.2 Å². The first-order valence-electron chi connectivity index (χ1n) is 4.86. The van der Waals surface area contributed by atoms with Crippen LogP contribution in [0.3, 0.4) is 0 Å². The van der Waals surface area contributed by atoms with Crippen molar-refractivity contribution in [2.24, 2.45) is 0 Å². The lowest BCUT2D eigenvalue weighted by atomic mass is 10.2. The van der Waals surface area contributed by atoms with E-state index in [1.54, 1.807) is 6.07 Å². The second-order valence-corrected chi connectivity index (χ2v) is 4.11. The lowest BCUT2D eigenvalue weighted by Crippen LogP contribution is -2.26. The first-order chi connectivity index (χ1) is 7.63. The van der Waals surface area contributed by atoms with Crippen LogP contribution in [0.1, 0.15) is 5.56 Å². The summed E-state index contributed by atoms with van der Waals surface area (Å²) in [6.45, 7) is 0. The molecule has 0 atom stereocenters. The number of rotatable bonds is 0. The van der Waals surface area contributed by atoms with E-state index in [1.165, 1.54) is 0 Å². The molecule has 0 aliphatic rings. The molecule has 16 heavy (non-hydrogen) atoms. The number of fused-ring (bicyclic) bond motifs is 1. The third-order valence-corrected chi connectivity index (χ3v) is 2.97. The molecular formula is C12H11N3S. The molecule has 3 nitrogen and oxygen atoms in total. The average Bonchev–Trinajstić information content (AvgIpc) is 2.70. The van der Waals surface area contributed by atoms with Gasteiger partial charge in [0.05, 0.1) is 17.1 Å². The number of nitriles is 1. The van der Waals surface area contributed by atoms with E-state index >= 15 is 0 Å². The summed E-state index contributed by atoms with van der Waals surface area (Å²) in [6, 6.07) is 9.68. The minimum absolute atomic E-state index is 0.668. The van der Waals surface area contributed by atoms with Gasteiger partial charge in [-0.1, -0.05) is 0 Å². The summed E-state index contributed by atoms with van der Waals surface area (Å²) in [5.41, 5.74) is 1.69. The van der Waals surface area contributed by atoms with Gasteiger partial charge in [0.2, 0.25) is 0 Å². The summed E-state index contributed by atoms with van der Waals surface area (Å²) in [4.78, 5) is 1.88. The molecule has 0 radical (unpaired) electrons. The van der Waals surface area contributed by atoms with Gasteiger partial charge in [-0.05, 0) is 36.5 Å². The Morgan fingerprint density at radius 2 is 2.12 bits per heavy atom.